The van der Waals surface area contributed by atoms with Gasteiger partial charge in [-0.25, -0.2) is 9.80 Å². The molecule has 0 spiro atoms. The fourth-order valence-electron chi connectivity index (χ4n) is 5.02. The van der Waals surface area contributed by atoms with Crippen molar-refractivity contribution in [3.8, 4) is 0 Å². The highest BCUT2D eigenvalue weighted by atomic mass is 32.2. The van der Waals surface area contributed by atoms with E-state index in [9.17, 15) is 19.2 Å². The van der Waals surface area contributed by atoms with Crippen molar-refractivity contribution in [2.75, 3.05) is 9.80 Å². The van der Waals surface area contributed by atoms with Crippen LogP contribution in [-0.2, 0) is 25.6 Å². The molecule has 2 aliphatic rings. The molecule has 41 heavy (non-hydrogen) atoms. The van der Waals surface area contributed by atoms with E-state index in [-0.39, 0.29) is 36.5 Å². The highest BCUT2D eigenvalue weighted by molar-refractivity contribution is 8.01. The molecule has 4 aromatic carbocycles. The van der Waals surface area contributed by atoms with Crippen LogP contribution in [0.1, 0.15) is 24.0 Å². The lowest BCUT2D eigenvalue weighted by atomic mass is 10.0. The Morgan fingerprint density at radius 3 is 1.24 bits per heavy atom. The molecule has 2 fully saturated rings. The minimum Gasteiger partial charge on any atom is -0.274 e. The van der Waals surface area contributed by atoms with E-state index in [0.29, 0.717) is 17.8 Å². The van der Waals surface area contributed by atoms with Gasteiger partial charge in [-0.05, 0) is 66.1 Å². The van der Waals surface area contributed by atoms with Gasteiger partial charge in [0.25, 0.3) is 0 Å². The maximum atomic E-state index is 13.0. The summed E-state index contributed by atoms with van der Waals surface area (Å²) in [7, 11) is 0. The first kappa shape index (κ1) is 27.1. The van der Waals surface area contributed by atoms with Gasteiger partial charge in [-0.2, -0.15) is 0 Å². The van der Waals surface area contributed by atoms with E-state index in [1.54, 1.807) is 24.3 Å². The van der Waals surface area contributed by atoms with Crippen molar-refractivity contribution in [3.63, 3.8) is 0 Å². The molecule has 4 amide bonds. The van der Waals surface area contributed by atoms with Crippen LogP contribution < -0.4 is 9.80 Å². The highest BCUT2D eigenvalue weighted by Crippen LogP contribution is 2.35. The zero-order chi connectivity index (χ0) is 28.3. The van der Waals surface area contributed by atoms with Crippen LogP contribution in [0.25, 0.3) is 0 Å². The minimum absolute atomic E-state index is 0.181. The van der Waals surface area contributed by atoms with Gasteiger partial charge in [-0.1, -0.05) is 60.7 Å². The second-order valence-electron chi connectivity index (χ2n) is 9.89. The smallest absolute Gasteiger partial charge is 0.247 e. The van der Waals surface area contributed by atoms with Crippen molar-refractivity contribution in [2.45, 2.75) is 39.6 Å². The lowest BCUT2D eigenvalue weighted by molar-refractivity contribution is -0.122. The average molecular weight is 579 g/mol. The third-order valence-corrected chi connectivity index (χ3v) is 9.45. The summed E-state index contributed by atoms with van der Waals surface area (Å²) in [6.07, 6.45) is 0.990. The summed E-state index contributed by atoms with van der Waals surface area (Å²) in [6, 6.07) is 34.2. The van der Waals surface area contributed by atoms with Crippen LogP contribution in [0, 0.1) is 0 Å². The van der Waals surface area contributed by atoms with Crippen molar-refractivity contribution in [1.82, 2.24) is 0 Å². The molecule has 2 aliphatic heterocycles. The molecule has 0 bridgehead atoms. The summed E-state index contributed by atoms with van der Waals surface area (Å²) in [5, 5.41) is -0.852. The molecule has 2 saturated heterocycles. The van der Waals surface area contributed by atoms with Gasteiger partial charge in [-0.15, -0.1) is 23.5 Å². The standard InChI is InChI=1S/C33H26N2O4S2/c36-30-20-28(40-26-7-3-1-4-8-26)32(38)34(30)24-15-11-22(12-16-24)19-23-13-17-25(18-14-23)35-31(37)21-29(33(35)39)41-27-9-5-2-6-10-27/h1-18,28-29H,19-21H2/t28-,29-/m1/s1. The highest BCUT2D eigenvalue weighted by Gasteiger charge is 2.41. The van der Waals surface area contributed by atoms with Gasteiger partial charge >= 0.3 is 0 Å². The quantitative estimate of drug-likeness (QED) is 0.234. The molecule has 2 heterocycles. The van der Waals surface area contributed by atoms with Gasteiger partial charge in [0.05, 0.1) is 21.9 Å². The molecule has 0 unspecified atom stereocenters. The number of rotatable bonds is 8. The Morgan fingerprint density at radius 2 is 0.878 bits per heavy atom. The molecule has 6 rings (SSSR count). The SMILES string of the molecule is O=C1C[C@@H](Sc2ccccc2)C(=O)N1c1ccc(Cc2ccc(N3C(=O)C[C@@H](Sc4ccccc4)C3=O)cc2)cc1. The van der Waals surface area contributed by atoms with E-state index < -0.39 is 10.5 Å². The van der Waals surface area contributed by atoms with Crippen LogP contribution in [0.4, 0.5) is 11.4 Å². The maximum Gasteiger partial charge on any atom is 0.247 e. The third-order valence-electron chi connectivity index (χ3n) is 7.05. The molecule has 0 radical (unpaired) electrons. The third kappa shape index (κ3) is 5.85. The Morgan fingerprint density at radius 1 is 0.512 bits per heavy atom. The van der Waals surface area contributed by atoms with Crippen molar-refractivity contribution in [1.29, 1.82) is 0 Å². The Bertz CT molecular complexity index is 1470. The monoisotopic (exact) mass is 578 g/mol. The summed E-state index contributed by atoms with van der Waals surface area (Å²) in [4.78, 5) is 55.9. The molecule has 0 aliphatic carbocycles. The molecule has 8 heteroatoms. The summed E-state index contributed by atoms with van der Waals surface area (Å²) >= 11 is 2.84. The summed E-state index contributed by atoms with van der Waals surface area (Å²) in [5.74, 6) is -0.769. The molecule has 0 saturated carbocycles. The van der Waals surface area contributed by atoms with Gasteiger partial charge in [0, 0.05) is 22.6 Å². The van der Waals surface area contributed by atoms with Gasteiger partial charge < -0.3 is 0 Å². The number of hydrogen-bond acceptors (Lipinski definition) is 6. The van der Waals surface area contributed by atoms with E-state index in [1.165, 1.54) is 33.3 Å². The van der Waals surface area contributed by atoms with Crippen molar-refractivity contribution >= 4 is 58.5 Å². The normalized spacial score (nSPS) is 18.9. The number of imide groups is 2. The van der Waals surface area contributed by atoms with Crippen LogP contribution in [-0.4, -0.2) is 34.1 Å². The predicted octanol–water partition coefficient (Wildman–Crippen LogP) is 6.13. The van der Waals surface area contributed by atoms with Crippen molar-refractivity contribution < 1.29 is 19.2 Å². The van der Waals surface area contributed by atoms with E-state index >= 15 is 0 Å². The van der Waals surface area contributed by atoms with Crippen molar-refractivity contribution in [2.24, 2.45) is 0 Å². The maximum absolute atomic E-state index is 13.0. The molecule has 6 nitrogen and oxygen atoms in total. The molecule has 2 atom stereocenters. The Kier molecular flexibility index (Phi) is 7.76. The number of anilines is 2. The zero-order valence-corrected chi connectivity index (χ0v) is 23.6. The van der Waals surface area contributed by atoms with Crippen LogP contribution >= 0.6 is 23.5 Å². The number of thioether (sulfide) groups is 2. The summed E-state index contributed by atoms with van der Waals surface area (Å²) in [6.45, 7) is 0. The first-order chi connectivity index (χ1) is 20.0. The second-order valence-corrected chi connectivity index (χ2v) is 12.4. The lowest BCUT2D eigenvalue weighted by Gasteiger charge is -2.16. The predicted molar refractivity (Wildman–Crippen MR) is 162 cm³/mol. The van der Waals surface area contributed by atoms with Crippen molar-refractivity contribution in [3.05, 3.63) is 120 Å². The number of carbonyl (C=O) groups is 4. The van der Waals surface area contributed by atoms with Crippen LogP contribution in [0.5, 0.6) is 0 Å². The van der Waals surface area contributed by atoms with Gasteiger partial charge in [0.15, 0.2) is 0 Å². The number of nitrogens with zero attached hydrogens (tertiary/aromatic N) is 2. The number of amides is 4. The average Bonchev–Trinajstić information content (AvgIpc) is 3.43. The molecular weight excluding hydrogens is 553 g/mol. The minimum atomic E-state index is -0.426. The molecule has 0 N–H and O–H groups in total. The topological polar surface area (TPSA) is 74.8 Å². The number of hydrogen-bond donors (Lipinski definition) is 0. The molecular formula is C33H26N2O4S2. The lowest BCUT2D eigenvalue weighted by Crippen LogP contribution is -2.31. The van der Waals surface area contributed by atoms with E-state index in [2.05, 4.69) is 0 Å². The van der Waals surface area contributed by atoms with E-state index in [1.807, 2.05) is 84.9 Å². The van der Waals surface area contributed by atoms with Crippen LogP contribution in [0.2, 0.25) is 0 Å². The first-order valence-corrected chi connectivity index (χ1v) is 15.1. The number of benzene rings is 4. The molecule has 204 valence electrons. The van der Waals surface area contributed by atoms with E-state index in [0.717, 1.165) is 20.9 Å². The fourth-order valence-corrected chi connectivity index (χ4v) is 7.17. The molecule has 0 aromatic heterocycles. The van der Waals surface area contributed by atoms with Gasteiger partial charge in [0.1, 0.15) is 0 Å². The first-order valence-electron chi connectivity index (χ1n) is 13.3. The Hall–Kier alpha value is -4.14. The zero-order valence-electron chi connectivity index (χ0n) is 22.0. The van der Waals surface area contributed by atoms with Crippen LogP contribution in [0.3, 0.4) is 0 Å². The Balaban J connectivity index is 1.08. The summed E-state index contributed by atoms with van der Waals surface area (Å²) < 4.78 is 0. The summed E-state index contributed by atoms with van der Waals surface area (Å²) in [5.41, 5.74) is 3.18. The fraction of sp³-hybridized carbons (Fsp3) is 0.152. The molecule has 4 aromatic rings. The number of carbonyl (C=O) groups excluding carboxylic acids is 4. The largest absolute Gasteiger partial charge is 0.274 e. The van der Waals surface area contributed by atoms with Gasteiger partial charge in [0.2, 0.25) is 23.6 Å². The second kappa shape index (κ2) is 11.8. The van der Waals surface area contributed by atoms with Gasteiger partial charge in [-0.3, -0.25) is 19.2 Å². The van der Waals surface area contributed by atoms with Crippen LogP contribution in [0.15, 0.2) is 119 Å². The Labute approximate surface area is 246 Å². The van der Waals surface area contributed by atoms with E-state index in [4.69, 9.17) is 0 Å².